The van der Waals surface area contributed by atoms with Crippen LogP contribution < -0.4 is 10.2 Å². The van der Waals surface area contributed by atoms with E-state index in [1.165, 1.54) is 12.1 Å². The van der Waals surface area contributed by atoms with E-state index in [9.17, 15) is 9.18 Å². The number of amides is 1. The number of aryl methyl sites for hydroxylation is 1. The average molecular weight is 348 g/mol. The molecule has 1 fully saturated rings. The smallest absolute Gasteiger partial charge is 0.224 e. The summed E-state index contributed by atoms with van der Waals surface area (Å²) in [5, 5.41) is 3.32. The fraction of sp³-hybridized carbons (Fsp3) is 0.333. The number of hydrogen-bond acceptors (Lipinski definition) is 3. The Morgan fingerprint density at radius 2 is 2.21 bits per heavy atom. The van der Waals surface area contributed by atoms with E-state index >= 15 is 0 Å². The molecule has 0 spiro atoms. The van der Waals surface area contributed by atoms with Crippen LogP contribution in [0.5, 0.6) is 0 Å². The Morgan fingerprint density at radius 1 is 1.38 bits per heavy atom. The molecule has 0 bridgehead atoms. The van der Waals surface area contributed by atoms with E-state index in [1.54, 1.807) is 6.07 Å². The van der Waals surface area contributed by atoms with Crippen molar-refractivity contribution in [2.24, 2.45) is 0 Å². The molecule has 0 unspecified atom stereocenters. The Hall–Kier alpha value is -2.14. The van der Waals surface area contributed by atoms with Crippen LogP contribution in [0, 0.1) is 12.7 Å². The van der Waals surface area contributed by atoms with Gasteiger partial charge in [-0.2, -0.15) is 0 Å². The monoisotopic (exact) mass is 347 g/mol. The molecule has 1 aromatic heterocycles. The standard InChI is InChI=1S/C18H19ClFN3O/c1-12-4-17(10-21-9-12)23-3-2-16(11-23)22-18(24)7-13-5-14(19)8-15(20)6-13/h4-6,8-10,16H,2-3,7,11H2,1H3,(H,22,24)/t16-/m1/s1. The van der Waals surface area contributed by atoms with Crippen LogP contribution in [0.25, 0.3) is 0 Å². The van der Waals surface area contributed by atoms with Gasteiger partial charge in [0.15, 0.2) is 0 Å². The lowest BCUT2D eigenvalue weighted by Gasteiger charge is -2.19. The van der Waals surface area contributed by atoms with Crippen LogP contribution in [-0.2, 0) is 11.2 Å². The van der Waals surface area contributed by atoms with Crippen LogP contribution in [0.4, 0.5) is 10.1 Å². The highest BCUT2D eigenvalue weighted by molar-refractivity contribution is 6.30. The highest BCUT2D eigenvalue weighted by Crippen LogP contribution is 2.20. The second kappa shape index (κ2) is 7.18. The Bertz CT molecular complexity index is 733. The predicted octanol–water partition coefficient (Wildman–Crippen LogP) is 3.12. The van der Waals surface area contributed by atoms with E-state index in [0.717, 1.165) is 30.8 Å². The summed E-state index contributed by atoms with van der Waals surface area (Å²) >= 11 is 5.82. The van der Waals surface area contributed by atoms with Crippen molar-refractivity contribution < 1.29 is 9.18 Å². The van der Waals surface area contributed by atoms with Crippen molar-refractivity contribution in [3.8, 4) is 0 Å². The van der Waals surface area contributed by atoms with Gasteiger partial charge in [-0.05, 0) is 48.7 Å². The largest absolute Gasteiger partial charge is 0.368 e. The van der Waals surface area contributed by atoms with Gasteiger partial charge in [-0.15, -0.1) is 0 Å². The summed E-state index contributed by atoms with van der Waals surface area (Å²) in [6, 6.07) is 6.36. The number of pyridine rings is 1. The van der Waals surface area contributed by atoms with Crippen molar-refractivity contribution >= 4 is 23.2 Å². The Morgan fingerprint density at radius 3 is 2.96 bits per heavy atom. The van der Waals surface area contributed by atoms with Crippen LogP contribution >= 0.6 is 11.6 Å². The number of anilines is 1. The van der Waals surface area contributed by atoms with Gasteiger partial charge >= 0.3 is 0 Å². The van der Waals surface area contributed by atoms with Crippen molar-refractivity contribution in [2.75, 3.05) is 18.0 Å². The summed E-state index contributed by atoms with van der Waals surface area (Å²) in [6.45, 7) is 3.64. The van der Waals surface area contributed by atoms with E-state index in [-0.39, 0.29) is 18.4 Å². The first-order valence-corrected chi connectivity index (χ1v) is 8.28. The van der Waals surface area contributed by atoms with E-state index in [1.807, 2.05) is 19.3 Å². The topological polar surface area (TPSA) is 45.2 Å². The molecule has 24 heavy (non-hydrogen) atoms. The molecule has 2 heterocycles. The molecule has 3 rings (SSSR count). The summed E-state index contributed by atoms with van der Waals surface area (Å²) in [5.41, 5.74) is 2.77. The second-order valence-electron chi connectivity index (χ2n) is 6.17. The predicted molar refractivity (Wildman–Crippen MR) is 92.8 cm³/mol. The lowest BCUT2D eigenvalue weighted by Crippen LogP contribution is -2.38. The summed E-state index contributed by atoms with van der Waals surface area (Å²) in [6.07, 6.45) is 4.67. The zero-order valence-corrected chi connectivity index (χ0v) is 14.2. The van der Waals surface area contributed by atoms with Crippen LogP contribution in [-0.4, -0.2) is 30.0 Å². The quantitative estimate of drug-likeness (QED) is 0.924. The van der Waals surface area contributed by atoms with Crippen molar-refractivity contribution in [3.63, 3.8) is 0 Å². The number of hydrogen-bond donors (Lipinski definition) is 1. The molecule has 0 aliphatic carbocycles. The molecule has 1 saturated heterocycles. The summed E-state index contributed by atoms with van der Waals surface area (Å²) in [4.78, 5) is 18.6. The van der Waals surface area contributed by atoms with Gasteiger partial charge in [-0.25, -0.2) is 4.39 Å². The SMILES string of the molecule is Cc1cncc(N2CC[C@@H](NC(=O)Cc3cc(F)cc(Cl)c3)C2)c1. The highest BCUT2D eigenvalue weighted by Gasteiger charge is 2.24. The van der Waals surface area contributed by atoms with E-state index < -0.39 is 5.82 Å². The zero-order chi connectivity index (χ0) is 17.1. The molecule has 0 radical (unpaired) electrons. The van der Waals surface area contributed by atoms with Gasteiger partial charge in [0.05, 0.1) is 18.3 Å². The third-order valence-electron chi connectivity index (χ3n) is 4.07. The molecule has 0 saturated carbocycles. The number of nitrogens with zero attached hydrogens (tertiary/aromatic N) is 2. The molecule has 1 N–H and O–H groups in total. The van der Waals surface area contributed by atoms with Gasteiger partial charge in [0, 0.05) is 30.4 Å². The third kappa shape index (κ3) is 4.23. The van der Waals surface area contributed by atoms with Gasteiger partial charge in [0.25, 0.3) is 0 Å². The normalized spacial score (nSPS) is 17.1. The first-order valence-electron chi connectivity index (χ1n) is 7.90. The molecule has 2 aromatic rings. The average Bonchev–Trinajstić information content (AvgIpc) is 2.94. The number of carbonyl (C=O) groups excluding carboxylic acids is 1. The van der Waals surface area contributed by atoms with E-state index in [0.29, 0.717) is 10.6 Å². The van der Waals surface area contributed by atoms with Gasteiger partial charge < -0.3 is 10.2 Å². The fourth-order valence-corrected chi connectivity index (χ4v) is 3.25. The van der Waals surface area contributed by atoms with Crippen molar-refractivity contribution in [3.05, 3.63) is 58.6 Å². The molecule has 1 aromatic carbocycles. The van der Waals surface area contributed by atoms with Gasteiger partial charge in [-0.1, -0.05) is 11.6 Å². The van der Waals surface area contributed by atoms with Crippen molar-refractivity contribution in [1.82, 2.24) is 10.3 Å². The summed E-state index contributed by atoms with van der Waals surface area (Å²) in [7, 11) is 0. The number of benzene rings is 1. The molecule has 1 aliphatic heterocycles. The van der Waals surface area contributed by atoms with Gasteiger partial charge in [0.2, 0.25) is 5.91 Å². The summed E-state index contributed by atoms with van der Waals surface area (Å²) in [5.74, 6) is -0.546. The first-order chi connectivity index (χ1) is 11.5. The minimum Gasteiger partial charge on any atom is -0.368 e. The maximum atomic E-state index is 13.3. The first kappa shape index (κ1) is 16.7. The number of rotatable bonds is 4. The van der Waals surface area contributed by atoms with Crippen molar-refractivity contribution in [1.29, 1.82) is 0 Å². The molecule has 1 aliphatic rings. The molecule has 126 valence electrons. The lowest BCUT2D eigenvalue weighted by molar-refractivity contribution is -0.121. The number of nitrogens with one attached hydrogen (secondary N) is 1. The Balaban J connectivity index is 1.56. The van der Waals surface area contributed by atoms with Gasteiger partial charge in [-0.3, -0.25) is 9.78 Å². The van der Waals surface area contributed by atoms with Crippen molar-refractivity contribution in [2.45, 2.75) is 25.8 Å². The number of aromatic nitrogens is 1. The minimum atomic E-state index is -0.427. The maximum Gasteiger partial charge on any atom is 0.224 e. The second-order valence-corrected chi connectivity index (χ2v) is 6.61. The molecule has 6 heteroatoms. The molecular formula is C18H19ClFN3O. The Kier molecular flexibility index (Phi) is 5.00. The van der Waals surface area contributed by atoms with Crippen LogP contribution in [0.2, 0.25) is 5.02 Å². The third-order valence-corrected chi connectivity index (χ3v) is 4.28. The van der Waals surface area contributed by atoms with Crippen LogP contribution in [0.3, 0.4) is 0 Å². The lowest BCUT2D eigenvalue weighted by atomic mass is 10.1. The van der Waals surface area contributed by atoms with E-state index in [4.69, 9.17) is 11.6 Å². The maximum absolute atomic E-state index is 13.3. The fourth-order valence-electron chi connectivity index (χ4n) is 3.00. The Labute approximate surface area is 145 Å². The molecular weight excluding hydrogens is 329 g/mol. The molecule has 4 nitrogen and oxygen atoms in total. The van der Waals surface area contributed by atoms with E-state index in [2.05, 4.69) is 21.3 Å². The molecule has 1 atom stereocenters. The minimum absolute atomic E-state index is 0.0852. The molecule has 1 amide bonds. The van der Waals surface area contributed by atoms with Crippen LogP contribution in [0.15, 0.2) is 36.7 Å². The zero-order valence-electron chi connectivity index (χ0n) is 13.4. The van der Waals surface area contributed by atoms with Crippen LogP contribution in [0.1, 0.15) is 17.5 Å². The number of carbonyl (C=O) groups is 1. The van der Waals surface area contributed by atoms with Gasteiger partial charge in [0.1, 0.15) is 5.82 Å². The number of halogens is 2. The highest BCUT2D eigenvalue weighted by atomic mass is 35.5. The summed E-state index contributed by atoms with van der Waals surface area (Å²) < 4.78 is 13.3.